The van der Waals surface area contributed by atoms with E-state index in [4.69, 9.17) is 4.52 Å². The summed E-state index contributed by atoms with van der Waals surface area (Å²) in [6, 6.07) is 7.12. The number of hydrogen-bond acceptors (Lipinski definition) is 5. The molecule has 1 aliphatic rings. The van der Waals surface area contributed by atoms with Gasteiger partial charge in [0.2, 0.25) is 15.9 Å². The van der Waals surface area contributed by atoms with E-state index in [1.54, 1.807) is 17.0 Å². The van der Waals surface area contributed by atoms with Crippen molar-refractivity contribution >= 4 is 15.9 Å². The predicted molar refractivity (Wildman–Crippen MR) is 110 cm³/mol. The van der Waals surface area contributed by atoms with E-state index >= 15 is 0 Å². The third kappa shape index (κ3) is 4.87. The quantitative estimate of drug-likeness (QED) is 0.689. The van der Waals surface area contributed by atoms with Crippen LogP contribution in [-0.4, -0.2) is 54.9 Å². The molecular formula is C21H29N3O4S. The zero-order valence-electron chi connectivity index (χ0n) is 17.3. The fraction of sp³-hybridized carbons (Fsp3) is 0.524. The van der Waals surface area contributed by atoms with Crippen LogP contribution in [0, 0.1) is 13.8 Å². The van der Waals surface area contributed by atoms with Crippen LogP contribution in [0.3, 0.4) is 0 Å². The highest BCUT2D eigenvalue weighted by Gasteiger charge is 2.30. The molecule has 7 nitrogen and oxygen atoms in total. The monoisotopic (exact) mass is 419 g/mol. The summed E-state index contributed by atoms with van der Waals surface area (Å²) < 4.78 is 32.4. The summed E-state index contributed by atoms with van der Waals surface area (Å²) in [6.07, 6.45) is 2.92. The number of hydrogen-bond donors (Lipinski definition) is 0. The van der Waals surface area contributed by atoms with Gasteiger partial charge < -0.3 is 9.42 Å². The maximum atomic E-state index is 12.9. The SMILES string of the molecule is CCCc1ccc(S(=O)(=O)N2CCN(C(=O)CCc3c(C)noc3C)CC2)cc1. The fourth-order valence-electron chi connectivity index (χ4n) is 3.69. The van der Waals surface area contributed by atoms with Crippen molar-refractivity contribution in [2.45, 2.75) is 51.3 Å². The van der Waals surface area contributed by atoms with E-state index in [2.05, 4.69) is 12.1 Å². The lowest BCUT2D eigenvalue weighted by atomic mass is 10.1. The van der Waals surface area contributed by atoms with Crippen molar-refractivity contribution in [3.8, 4) is 0 Å². The molecule has 0 saturated carbocycles. The molecule has 0 spiro atoms. The number of carbonyl (C=O) groups is 1. The first-order valence-electron chi connectivity index (χ1n) is 10.1. The van der Waals surface area contributed by atoms with Crippen LogP contribution in [0.4, 0.5) is 0 Å². The Morgan fingerprint density at radius 1 is 1.07 bits per heavy atom. The number of nitrogens with zero attached hydrogens (tertiary/aromatic N) is 3. The van der Waals surface area contributed by atoms with Crippen LogP contribution in [-0.2, 0) is 27.7 Å². The lowest BCUT2D eigenvalue weighted by Crippen LogP contribution is -2.50. The summed E-state index contributed by atoms with van der Waals surface area (Å²) in [5.74, 6) is 0.780. The second-order valence-corrected chi connectivity index (χ2v) is 9.42. The molecule has 0 bridgehead atoms. The van der Waals surface area contributed by atoms with E-state index in [0.29, 0.717) is 43.9 Å². The molecule has 0 unspecified atom stereocenters. The maximum Gasteiger partial charge on any atom is 0.243 e. The number of amides is 1. The molecular weight excluding hydrogens is 390 g/mol. The Bertz CT molecular complexity index is 923. The van der Waals surface area contributed by atoms with Crippen molar-refractivity contribution in [3.63, 3.8) is 0 Å². The third-order valence-corrected chi connectivity index (χ3v) is 7.37. The standard InChI is InChI=1S/C21H29N3O4S/c1-4-5-18-6-8-19(9-7-18)29(26,27)24-14-12-23(13-15-24)21(25)11-10-20-16(2)22-28-17(20)3/h6-9H,4-5,10-15H2,1-3H3. The molecule has 0 aliphatic carbocycles. The summed E-state index contributed by atoms with van der Waals surface area (Å²) >= 11 is 0. The Balaban J connectivity index is 1.55. The lowest BCUT2D eigenvalue weighted by Gasteiger charge is -2.34. The Morgan fingerprint density at radius 3 is 2.28 bits per heavy atom. The van der Waals surface area contributed by atoms with Crippen molar-refractivity contribution in [2.75, 3.05) is 26.2 Å². The molecule has 1 saturated heterocycles. The van der Waals surface area contributed by atoms with Gasteiger partial charge in [-0.2, -0.15) is 4.31 Å². The number of piperazine rings is 1. The highest BCUT2D eigenvalue weighted by Crippen LogP contribution is 2.20. The van der Waals surface area contributed by atoms with Gasteiger partial charge in [0.1, 0.15) is 5.76 Å². The maximum absolute atomic E-state index is 12.9. The Labute approximate surface area is 172 Å². The van der Waals surface area contributed by atoms with Gasteiger partial charge in [-0.25, -0.2) is 8.42 Å². The van der Waals surface area contributed by atoms with Crippen LogP contribution in [0.1, 0.15) is 42.3 Å². The van der Waals surface area contributed by atoms with E-state index in [0.717, 1.165) is 35.4 Å². The van der Waals surface area contributed by atoms with Crippen LogP contribution in [0.15, 0.2) is 33.7 Å². The van der Waals surface area contributed by atoms with Gasteiger partial charge in [-0.1, -0.05) is 30.6 Å². The van der Waals surface area contributed by atoms with Crippen LogP contribution >= 0.6 is 0 Å². The fourth-order valence-corrected chi connectivity index (χ4v) is 5.11. The van der Waals surface area contributed by atoms with E-state index in [9.17, 15) is 13.2 Å². The van der Waals surface area contributed by atoms with E-state index in [1.807, 2.05) is 26.0 Å². The van der Waals surface area contributed by atoms with Crippen LogP contribution in [0.2, 0.25) is 0 Å². The molecule has 0 radical (unpaired) electrons. The minimum absolute atomic E-state index is 0.0333. The average Bonchev–Trinajstić information content (AvgIpc) is 3.04. The molecule has 1 amide bonds. The molecule has 0 atom stereocenters. The van der Waals surface area contributed by atoms with Gasteiger partial charge in [-0.05, 0) is 44.4 Å². The summed E-state index contributed by atoms with van der Waals surface area (Å²) in [4.78, 5) is 14.6. The molecule has 2 heterocycles. The molecule has 8 heteroatoms. The minimum atomic E-state index is -3.53. The van der Waals surface area contributed by atoms with E-state index in [-0.39, 0.29) is 5.91 Å². The zero-order valence-corrected chi connectivity index (χ0v) is 18.2. The summed E-state index contributed by atoms with van der Waals surface area (Å²) in [7, 11) is -3.53. The van der Waals surface area contributed by atoms with Crippen LogP contribution < -0.4 is 0 Å². The van der Waals surface area contributed by atoms with Gasteiger partial charge in [0.05, 0.1) is 10.6 Å². The highest BCUT2D eigenvalue weighted by molar-refractivity contribution is 7.89. The second kappa shape index (κ2) is 9.09. The highest BCUT2D eigenvalue weighted by atomic mass is 32.2. The van der Waals surface area contributed by atoms with Crippen LogP contribution in [0.25, 0.3) is 0 Å². The second-order valence-electron chi connectivity index (χ2n) is 7.48. The molecule has 1 aromatic heterocycles. The topological polar surface area (TPSA) is 83.7 Å². The van der Waals surface area contributed by atoms with Crippen molar-refractivity contribution in [3.05, 3.63) is 46.8 Å². The van der Waals surface area contributed by atoms with Crippen LogP contribution in [0.5, 0.6) is 0 Å². The Kier molecular flexibility index (Phi) is 6.74. The van der Waals surface area contributed by atoms with Crippen molar-refractivity contribution in [1.29, 1.82) is 0 Å². The third-order valence-electron chi connectivity index (χ3n) is 5.46. The van der Waals surface area contributed by atoms with Gasteiger partial charge in [0, 0.05) is 38.2 Å². The van der Waals surface area contributed by atoms with Crippen molar-refractivity contribution < 1.29 is 17.7 Å². The van der Waals surface area contributed by atoms with Gasteiger partial charge in [0.15, 0.2) is 0 Å². The lowest BCUT2D eigenvalue weighted by molar-refractivity contribution is -0.132. The first kappa shape index (κ1) is 21.5. The summed E-state index contributed by atoms with van der Waals surface area (Å²) in [5, 5.41) is 3.91. The number of sulfonamides is 1. The first-order chi connectivity index (χ1) is 13.8. The van der Waals surface area contributed by atoms with Crippen molar-refractivity contribution in [2.24, 2.45) is 0 Å². The van der Waals surface area contributed by atoms with Gasteiger partial charge in [-0.3, -0.25) is 4.79 Å². The molecule has 1 aliphatic heterocycles. The first-order valence-corrected chi connectivity index (χ1v) is 11.6. The number of aromatic nitrogens is 1. The van der Waals surface area contributed by atoms with Gasteiger partial charge >= 0.3 is 0 Å². The summed E-state index contributed by atoms with van der Waals surface area (Å²) in [6.45, 7) is 7.26. The normalized spacial score (nSPS) is 15.6. The zero-order chi connectivity index (χ0) is 21.0. The predicted octanol–water partition coefficient (Wildman–Crippen LogP) is 2.71. The molecule has 1 fully saturated rings. The molecule has 0 N–H and O–H groups in total. The average molecular weight is 420 g/mol. The number of benzene rings is 1. The number of aryl methyl sites for hydroxylation is 3. The molecule has 1 aromatic carbocycles. The Morgan fingerprint density at radius 2 is 1.72 bits per heavy atom. The minimum Gasteiger partial charge on any atom is -0.361 e. The van der Waals surface area contributed by atoms with E-state index in [1.165, 1.54) is 4.31 Å². The van der Waals surface area contributed by atoms with E-state index < -0.39 is 10.0 Å². The molecule has 158 valence electrons. The summed E-state index contributed by atoms with van der Waals surface area (Å²) in [5.41, 5.74) is 2.93. The molecule has 3 rings (SSSR count). The Hall–Kier alpha value is -2.19. The van der Waals surface area contributed by atoms with Gasteiger partial charge in [-0.15, -0.1) is 0 Å². The number of carbonyl (C=O) groups excluding carboxylic acids is 1. The number of rotatable bonds is 7. The molecule has 29 heavy (non-hydrogen) atoms. The largest absolute Gasteiger partial charge is 0.361 e. The van der Waals surface area contributed by atoms with Crippen molar-refractivity contribution in [1.82, 2.24) is 14.4 Å². The van der Waals surface area contributed by atoms with Gasteiger partial charge in [0.25, 0.3) is 0 Å². The smallest absolute Gasteiger partial charge is 0.243 e. The molecule has 2 aromatic rings.